The van der Waals surface area contributed by atoms with Crippen molar-refractivity contribution < 1.29 is 97.7 Å². The summed E-state index contributed by atoms with van der Waals surface area (Å²) in [7, 11) is 12.5. The van der Waals surface area contributed by atoms with Crippen molar-refractivity contribution >= 4 is 0 Å². The van der Waals surface area contributed by atoms with Gasteiger partial charge in [0, 0.05) is 175 Å². The number of phenolic OH excluding ortho intramolecular Hbond substituents is 8. The molecule has 0 unspecified atom stereocenters. The van der Waals surface area contributed by atoms with E-state index in [-0.39, 0.29) is 110 Å². The number of methoxy groups -OCH3 is 8. The molecule has 10 aromatic rings. The van der Waals surface area contributed by atoms with Crippen LogP contribution in [0.4, 0.5) is 0 Å². The number of hydrogen-bond acceptors (Lipinski definition) is 20. The second-order valence-electron chi connectivity index (χ2n) is 28.8. The summed E-state index contributed by atoms with van der Waals surface area (Å²) >= 11 is 0. The zero-order valence-corrected chi connectivity index (χ0v) is 65.6. The van der Waals surface area contributed by atoms with Gasteiger partial charge in [0.25, 0.3) is 0 Å². The van der Waals surface area contributed by atoms with Gasteiger partial charge < -0.3 is 97.7 Å². The Hall–Kier alpha value is -11.8. The fraction of sp³-hybridized carbons (Fsp3) is 0.348. The lowest BCUT2D eigenvalue weighted by atomic mass is 9.94. The molecule has 0 spiro atoms. The predicted molar refractivity (Wildman–Crippen MR) is 428 cm³/mol. The number of benzene rings is 10. The highest BCUT2D eigenvalue weighted by molar-refractivity contribution is 5.63. The van der Waals surface area contributed by atoms with Crippen LogP contribution in [0.2, 0.25) is 0 Å². The Bertz CT molecular complexity index is 4730. The number of hydrogen-bond donors (Lipinski definition) is 8. The first-order valence-corrected chi connectivity index (χ1v) is 38.2. The average Bonchev–Trinajstić information content (AvgIpc) is 0.951. The van der Waals surface area contributed by atoms with Crippen molar-refractivity contribution in [1.82, 2.24) is 0 Å². The first-order valence-electron chi connectivity index (χ1n) is 38.2. The van der Waals surface area contributed by atoms with Gasteiger partial charge in [-0.15, -0.1) is 0 Å². The van der Waals surface area contributed by atoms with Gasteiger partial charge in [-0.25, -0.2) is 0 Å². The Morgan fingerprint density at radius 2 is 0.312 bits per heavy atom. The standard InChI is InChI=1S/C92H102O20/c1-11-13-19-109-91-49-69-29-59-47-85(105-7)65(37-77(59)97)25-55-43-81(101-3)61(33-73(55)93)23-53-41-83(103-5)63(35-75(53)95)27-57-45-87(107-9)67(39-79(57)99)31-71(91)51-89(69)111-21-17-15-16-18-22-112-90-52-72-32-68-40-80(100)58(46-88(68)108-10)28-64-36-76(96)54(42-84(64)104-6)24-62-34-74(94)56(44-82(62)102-4)26-66-38-78(98)60(48-86(66)106-8)30-70(90)50-92(72)110-20-14-12-2/h33-52,93-100H,11-32H2,1-10H3. The summed E-state index contributed by atoms with van der Waals surface area (Å²) in [6, 6.07) is 35.3. The number of rotatable bonds is 25. The highest BCUT2D eigenvalue weighted by atomic mass is 16.5. The molecule has 0 aliphatic heterocycles. The molecule has 112 heavy (non-hydrogen) atoms. The molecule has 0 fully saturated rings. The highest BCUT2D eigenvalue weighted by Gasteiger charge is 2.27. The molecule has 0 saturated carbocycles. The molecule has 20 heteroatoms. The molecule has 8 N–H and O–H groups in total. The minimum absolute atomic E-state index is 0.00539. The van der Waals surface area contributed by atoms with Gasteiger partial charge in [0.05, 0.1) is 83.3 Å². The lowest BCUT2D eigenvalue weighted by Crippen LogP contribution is -2.08. The molecule has 30 rings (SSSR count). The number of ether oxygens (including phenoxy) is 12. The van der Waals surface area contributed by atoms with Gasteiger partial charge in [-0.05, 0) is 160 Å². The van der Waals surface area contributed by atoms with Crippen molar-refractivity contribution in [2.45, 2.75) is 129 Å². The van der Waals surface area contributed by atoms with Crippen LogP contribution in [0.15, 0.2) is 121 Å². The first-order chi connectivity index (χ1) is 54.3. The summed E-state index contributed by atoms with van der Waals surface area (Å²) in [5.74, 6) is 6.24. The molecule has 0 radical (unpaired) electrons. The molecular weight excluding hydrogens is 1420 g/mol. The van der Waals surface area contributed by atoms with Gasteiger partial charge in [0.1, 0.15) is 115 Å². The first kappa shape index (κ1) is 79.7. The van der Waals surface area contributed by atoms with Crippen molar-refractivity contribution in [1.29, 1.82) is 0 Å². The summed E-state index contributed by atoms with van der Waals surface area (Å²) in [5, 5.41) is 94.4. The van der Waals surface area contributed by atoms with Crippen LogP contribution in [-0.2, 0) is 64.2 Å². The van der Waals surface area contributed by atoms with Gasteiger partial charge in [0.15, 0.2) is 0 Å². The Balaban J connectivity index is 0.850. The number of unbranched alkanes of at least 4 members (excludes halogenated alkanes) is 5. The van der Waals surface area contributed by atoms with E-state index in [9.17, 15) is 40.9 Å². The lowest BCUT2D eigenvalue weighted by Gasteiger charge is -2.20. The second-order valence-corrected chi connectivity index (χ2v) is 28.8. The molecule has 0 aromatic heterocycles. The normalized spacial score (nSPS) is 12.6. The van der Waals surface area contributed by atoms with E-state index in [2.05, 4.69) is 13.8 Å². The van der Waals surface area contributed by atoms with Crippen LogP contribution in [0.25, 0.3) is 0 Å². The zero-order chi connectivity index (χ0) is 79.3. The Morgan fingerprint density at radius 1 is 0.179 bits per heavy atom. The third kappa shape index (κ3) is 18.3. The van der Waals surface area contributed by atoms with Gasteiger partial charge in [-0.1, -0.05) is 26.7 Å². The molecule has 0 amide bonds. The van der Waals surface area contributed by atoms with Crippen molar-refractivity contribution in [2.75, 3.05) is 83.3 Å². The molecule has 0 saturated heterocycles. The van der Waals surface area contributed by atoms with Gasteiger partial charge in [-0.3, -0.25) is 0 Å². The zero-order valence-electron chi connectivity index (χ0n) is 65.6. The smallest absolute Gasteiger partial charge is 0.123 e. The molecule has 20 aliphatic rings. The highest BCUT2D eigenvalue weighted by Crippen LogP contribution is 2.46. The van der Waals surface area contributed by atoms with Crippen LogP contribution >= 0.6 is 0 Å². The molecule has 20 nitrogen and oxygen atoms in total. The summed E-state index contributed by atoms with van der Waals surface area (Å²) in [6.07, 6.45) is 8.31. The molecule has 20 bridgehead atoms. The van der Waals surface area contributed by atoms with Crippen molar-refractivity contribution in [3.63, 3.8) is 0 Å². The molecule has 590 valence electrons. The quantitative estimate of drug-likeness (QED) is 0.0247. The van der Waals surface area contributed by atoms with E-state index in [1.807, 2.05) is 24.3 Å². The summed E-state index contributed by atoms with van der Waals surface area (Å²) in [6.45, 7) is 5.71. The Labute approximate surface area is 654 Å². The van der Waals surface area contributed by atoms with Gasteiger partial charge in [-0.2, -0.15) is 0 Å². The summed E-state index contributed by atoms with van der Waals surface area (Å²) < 4.78 is 74.8. The van der Waals surface area contributed by atoms with Crippen LogP contribution in [0.5, 0.6) is 115 Å². The molecule has 0 heterocycles. The van der Waals surface area contributed by atoms with Gasteiger partial charge in [0.2, 0.25) is 0 Å². The predicted octanol–water partition coefficient (Wildman–Crippen LogP) is 17.3. The van der Waals surface area contributed by atoms with Crippen LogP contribution < -0.4 is 56.8 Å². The second kappa shape index (κ2) is 36.4. The van der Waals surface area contributed by atoms with Gasteiger partial charge >= 0.3 is 0 Å². The van der Waals surface area contributed by atoms with E-state index in [0.717, 1.165) is 60.8 Å². The summed E-state index contributed by atoms with van der Waals surface area (Å²) in [5.41, 5.74) is 12.4. The molecule has 0 atom stereocenters. The minimum atomic E-state index is -0.0146. The fourth-order valence-corrected chi connectivity index (χ4v) is 15.0. The topological polar surface area (TPSA) is 273 Å². The van der Waals surface area contributed by atoms with E-state index in [4.69, 9.17) is 56.8 Å². The van der Waals surface area contributed by atoms with Crippen LogP contribution in [0.3, 0.4) is 0 Å². The van der Waals surface area contributed by atoms with Crippen LogP contribution in [0, 0.1) is 0 Å². The van der Waals surface area contributed by atoms with E-state index in [1.165, 1.54) is 0 Å². The van der Waals surface area contributed by atoms with Crippen molar-refractivity contribution in [2.24, 2.45) is 0 Å². The van der Waals surface area contributed by atoms with Crippen molar-refractivity contribution in [3.8, 4) is 115 Å². The Kier molecular flexibility index (Phi) is 25.9. The van der Waals surface area contributed by atoms with E-state index in [0.29, 0.717) is 197 Å². The van der Waals surface area contributed by atoms with E-state index < -0.39 is 0 Å². The van der Waals surface area contributed by atoms with Crippen molar-refractivity contribution in [3.05, 3.63) is 233 Å². The monoisotopic (exact) mass is 1530 g/mol. The van der Waals surface area contributed by atoms with E-state index in [1.54, 1.807) is 154 Å². The third-order valence-electron chi connectivity index (χ3n) is 21.2. The summed E-state index contributed by atoms with van der Waals surface area (Å²) in [4.78, 5) is 0. The minimum Gasteiger partial charge on any atom is -0.508 e. The maximum Gasteiger partial charge on any atom is 0.123 e. The van der Waals surface area contributed by atoms with Crippen LogP contribution in [0.1, 0.15) is 176 Å². The molecule has 10 aromatic carbocycles. The Morgan fingerprint density at radius 3 is 0.464 bits per heavy atom. The van der Waals surface area contributed by atoms with Crippen LogP contribution in [-0.4, -0.2) is 124 Å². The molecule has 20 aliphatic carbocycles. The maximum absolute atomic E-state index is 12.0. The lowest BCUT2D eigenvalue weighted by molar-refractivity contribution is 0.281. The maximum atomic E-state index is 12.0. The molecular formula is C92H102O20. The average molecular weight is 1530 g/mol. The largest absolute Gasteiger partial charge is 0.508 e. The number of phenols is 8. The fourth-order valence-electron chi connectivity index (χ4n) is 15.0. The third-order valence-corrected chi connectivity index (χ3v) is 21.2. The van der Waals surface area contributed by atoms with E-state index >= 15 is 0 Å². The number of aromatic hydroxyl groups is 8. The SMILES string of the molecule is CCCCOc1cc2c(OCCCCCCOc3cc4c(OCCCC)cc3Cc3cc(OC)c(cc3O)Cc3cc(OC)c(cc3O)Cc3cc(OC)c(cc3O)Cc3cc(OC)c(cc3O)C4)cc1Cc1cc(O)c(cc1OC)Cc1cc(O)c(cc1OC)Cc1cc(O)c(cc1OC)Cc1cc(O)c(cc1OC)C2.